The topological polar surface area (TPSA) is 72.5 Å². The lowest BCUT2D eigenvalue weighted by atomic mass is 10.1. The van der Waals surface area contributed by atoms with E-state index in [2.05, 4.69) is 9.46 Å². The maximum absolute atomic E-state index is 11.7. The average molecular weight is 299 g/mol. The van der Waals surface area contributed by atoms with Gasteiger partial charge in [0.2, 0.25) is 10.0 Å². The van der Waals surface area contributed by atoms with Crippen molar-refractivity contribution in [1.29, 1.82) is 0 Å². The van der Waals surface area contributed by atoms with Crippen molar-refractivity contribution in [3.05, 3.63) is 35.4 Å². The second-order valence-electron chi connectivity index (χ2n) is 4.57. The van der Waals surface area contributed by atoms with Crippen molar-refractivity contribution in [2.24, 2.45) is 0 Å². The molecular formula is C14H21NO4S. The van der Waals surface area contributed by atoms with E-state index in [1.807, 2.05) is 31.2 Å². The molecule has 0 aliphatic carbocycles. The number of benzene rings is 1. The van der Waals surface area contributed by atoms with Crippen LogP contribution in [-0.2, 0) is 26.0 Å². The minimum atomic E-state index is -3.33. The van der Waals surface area contributed by atoms with Crippen LogP contribution in [0.2, 0.25) is 0 Å². The summed E-state index contributed by atoms with van der Waals surface area (Å²) in [6.45, 7) is 2.37. The number of hydrogen-bond donors (Lipinski definition) is 1. The Morgan fingerprint density at radius 3 is 2.65 bits per heavy atom. The van der Waals surface area contributed by atoms with Gasteiger partial charge >= 0.3 is 5.97 Å². The van der Waals surface area contributed by atoms with E-state index in [1.54, 1.807) is 0 Å². The Balaban J connectivity index is 2.33. The minimum Gasteiger partial charge on any atom is -0.469 e. The second-order valence-corrected chi connectivity index (χ2v) is 6.50. The molecule has 0 saturated heterocycles. The summed E-state index contributed by atoms with van der Waals surface area (Å²) < 4.78 is 30.4. The highest BCUT2D eigenvalue weighted by Gasteiger charge is 2.11. The maximum atomic E-state index is 11.7. The fourth-order valence-corrected chi connectivity index (χ4v) is 2.89. The number of carbonyl (C=O) groups is 1. The van der Waals surface area contributed by atoms with Gasteiger partial charge in [-0.15, -0.1) is 0 Å². The summed E-state index contributed by atoms with van der Waals surface area (Å²) in [6, 6.07) is 7.88. The van der Waals surface area contributed by atoms with Crippen LogP contribution in [0.25, 0.3) is 0 Å². The van der Waals surface area contributed by atoms with Gasteiger partial charge in [0.15, 0.2) is 0 Å². The number of rotatable bonds is 8. The van der Waals surface area contributed by atoms with E-state index in [4.69, 9.17) is 0 Å². The molecule has 0 atom stereocenters. The molecule has 0 heterocycles. The number of hydrogen-bond acceptors (Lipinski definition) is 4. The predicted molar refractivity (Wildman–Crippen MR) is 77.9 cm³/mol. The maximum Gasteiger partial charge on any atom is 0.305 e. The zero-order valence-electron chi connectivity index (χ0n) is 11.9. The molecule has 20 heavy (non-hydrogen) atoms. The van der Waals surface area contributed by atoms with E-state index in [0.717, 1.165) is 11.1 Å². The molecule has 0 aliphatic heterocycles. The van der Waals surface area contributed by atoms with E-state index >= 15 is 0 Å². The van der Waals surface area contributed by atoms with Crippen LogP contribution in [0.5, 0.6) is 0 Å². The molecule has 112 valence electrons. The van der Waals surface area contributed by atoms with Crippen LogP contribution in [0.1, 0.15) is 24.0 Å². The highest BCUT2D eigenvalue weighted by Crippen LogP contribution is 2.07. The van der Waals surface area contributed by atoms with Gasteiger partial charge in [-0.25, -0.2) is 13.1 Å². The number of methoxy groups -OCH3 is 1. The van der Waals surface area contributed by atoms with Crippen molar-refractivity contribution in [1.82, 2.24) is 4.72 Å². The minimum absolute atomic E-state index is 0.0597. The van der Waals surface area contributed by atoms with Crippen LogP contribution in [0.15, 0.2) is 24.3 Å². The Morgan fingerprint density at radius 2 is 2.00 bits per heavy atom. The van der Waals surface area contributed by atoms with Gasteiger partial charge in [0.05, 0.1) is 12.9 Å². The average Bonchev–Trinajstić information content (AvgIpc) is 2.40. The third-order valence-corrected chi connectivity index (χ3v) is 4.47. The monoisotopic (exact) mass is 299 g/mol. The molecule has 1 aromatic carbocycles. The molecule has 6 heteroatoms. The van der Waals surface area contributed by atoms with Crippen LogP contribution in [-0.4, -0.2) is 33.8 Å². The summed E-state index contributed by atoms with van der Waals surface area (Å²) in [5, 5.41) is 0. The van der Waals surface area contributed by atoms with E-state index in [1.165, 1.54) is 7.11 Å². The highest BCUT2D eigenvalue weighted by molar-refractivity contribution is 7.89. The molecule has 0 unspecified atom stereocenters. The number of nitrogens with one attached hydrogen (secondary N) is 1. The normalized spacial score (nSPS) is 11.3. The zero-order valence-corrected chi connectivity index (χ0v) is 12.7. The zero-order chi connectivity index (χ0) is 15.0. The summed E-state index contributed by atoms with van der Waals surface area (Å²) in [4.78, 5) is 10.9. The van der Waals surface area contributed by atoms with E-state index < -0.39 is 10.0 Å². The number of ether oxygens (including phenoxy) is 1. The van der Waals surface area contributed by atoms with Gasteiger partial charge in [-0.1, -0.05) is 24.3 Å². The number of carbonyl (C=O) groups excluding carboxylic acids is 1. The molecule has 0 aromatic heterocycles. The smallest absolute Gasteiger partial charge is 0.305 e. The lowest BCUT2D eigenvalue weighted by molar-refractivity contribution is -0.140. The Kier molecular flexibility index (Phi) is 6.67. The van der Waals surface area contributed by atoms with Gasteiger partial charge in [-0.3, -0.25) is 4.79 Å². The Hall–Kier alpha value is -1.40. The molecule has 0 aliphatic rings. The number of esters is 1. The van der Waals surface area contributed by atoms with Crippen LogP contribution < -0.4 is 4.72 Å². The lowest BCUT2D eigenvalue weighted by Crippen LogP contribution is -2.28. The van der Waals surface area contributed by atoms with Gasteiger partial charge in [0.25, 0.3) is 0 Å². The fourth-order valence-electron chi connectivity index (χ4n) is 1.81. The third kappa shape index (κ3) is 6.16. The Morgan fingerprint density at radius 1 is 1.30 bits per heavy atom. The summed E-state index contributed by atoms with van der Waals surface area (Å²) in [7, 11) is -2.04. The summed E-state index contributed by atoms with van der Waals surface area (Å²) in [5.41, 5.74) is 2.28. The molecule has 0 radical (unpaired) electrons. The summed E-state index contributed by atoms with van der Waals surface area (Å²) in [5.74, 6) is -0.448. The third-order valence-electron chi connectivity index (χ3n) is 3.00. The largest absolute Gasteiger partial charge is 0.469 e. The van der Waals surface area contributed by atoms with Crippen molar-refractivity contribution < 1.29 is 17.9 Å². The SMILES string of the molecule is COC(=O)CCCS(=O)(=O)NCCc1ccccc1C. The van der Waals surface area contributed by atoms with Gasteiger partial charge in [0, 0.05) is 13.0 Å². The fraction of sp³-hybridized carbons (Fsp3) is 0.500. The van der Waals surface area contributed by atoms with E-state index in [0.29, 0.717) is 13.0 Å². The number of sulfonamides is 1. The van der Waals surface area contributed by atoms with Crippen molar-refractivity contribution >= 4 is 16.0 Å². The Bertz CT molecular complexity index is 540. The van der Waals surface area contributed by atoms with Crippen molar-refractivity contribution in [2.45, 2.75) is 26.2 Å². The molecule has 0 spiro atoms. The molecule has 0 amide bonds. The first kappa shape index (κ1) is 16.7. The second kappa shape index (κ2) is 8.01. The first-order valence-electron chi connectivity index (χ1n) is 6.53. The lowest BCUT2D eigenvalue weighted by Gasteiger charge is -2.08. The van der Waals surface area contributed by atoms with Crippen LogP contribution >= 0.6 is 0 Å². The van der Waals surface area contributed by atoms with Gasteiger partial charge in [-0.2, -0.15) is 0 Å². The molecular weight excluding hydrogens is 278 g/mol. The van der Waals surface area contributed by atoms with Crippen molar-refractivity contribution in [3.63, 3.8) is 0 Å². The Labute approximate surface area is 120 Å². The van der Waals surface area contributed by atoms with E-state index in [9.17, 15) is 13.2 Å². The van der Waals surface area contributed by atoms with Gasteiger partial charge in [-0.05, 0) is 30.9 Å². The molecule has 0 fully saturated rings. The summed E-state index contributed by atoms with van der Waals surface area (Å²) in [6.07, 6.45) is 1.05. The molecule has 0 bridgehead atoms. The van der Waals surface area contributed by atoms with Crippen molar-refractivity contribution in [2.75, 3.05) is 19.4 Å². The molecule has 1 rings (SSSR count). The highest BCUT2D eigenvalue weighted by atomic mass is 32.2. The summed E-state index contributed by atoms with van der Waals surface area (Å²) >= 11 is 0. The molecule has 0 saturated carbocycles. The molecule has 1 N–H and O–H groups in total. The number of aryl methyl sites for hydroxylation is 1. The standard InChI is InChI=1S/C14H21NO4S/c1-12-6-3-4-7-13(12)9-10-15-20(17,18)11-5-8-14(16)19-2/h3-4,6-7,15H,5,8-11H2,1-2H3. The van der Waals surface area contributed by atoms with Crippen molar-refractivity contribution in [3.8, 4) is 0 Å². The van der Waals surface area contributed by atoms with Crippen LogP contribution in [0.4, 0.5) is 0 Å². The quantitative estimate of drug-likeness (QED) is 0.737. The van der Waals surface area contributed by atoms with Gasteiger partial charge in [0.1, 0.15) is 0 Å². The first-order valence-corrected chi connectivity index (χ1v) is 8.18. The van der Waals surface area contributed by atoms with E-state index in [-0.39, 0.29) is 24.6 Å². The molecule has 5 nitrogen and oxygen atoms in total. The van der Waals surface area contributed by atoms with Gasteiger partial charge < -0.3 is 4.74 Å². The predicted octanol–water partition coefficient (Wildman–Crippen LogP) is 1.41. The van der Waals surface area contributed by atoms with Crippen LogP contribution in [0.3, 0.4) is 0 Å². The van der Waals surface area contributed by atoms with Crippen LogP contribution in [0, 0.1) is 6.92 Å². The first-order chi connectivity index (χ1) is 9.44. The molecule has 1 aromatic rings.